The fraction of sp³-hybridized carbons (Fsp3) is 0.0172. The maximum atomic E-state index is 16.4. The second-order valence-electron chi connectivity index (χ2n) is 33.3. The molecule has 126 heavy (non-hydrogen) atoms. The van der Waals surface area contributed by atoms with Gasteiger partial charge in [0.15, 0.2) is 29.1 Å². The smallest absolute Gasteiger partial charge is 0.186 e. The number of nitrogens with zero attached hydrogens (tertiary/aromatic N) is 6. The average molecular weight is 1620 g/mol. The van der Waals surface area contributed by atoms with Gasteiger partial charge in [0.2, 0.25) is 0 Å². The van der Waals surface area contributed by atoms with Crippen LogP contribution in [0.1, 0.15) is 44.5 Å². The second kappa shape index (κ2) is 27.1. The van der Waals surface area contributed by atoms with E-state index in [1.54, 1.807) is 36.4 Å². The molecule has 0 saturated carbocycles. The quantitative estimate of drug-likeness (QED) is 0.0906. The molecule has 23 aromatic rings. The van der Waals surface area contributed by atoms with Gasteiger partial charge in [-0.05, 0) is 149 Å². The molecular formula is C116H66F4N6. The summed E-state index contributed by atoms with van der Waals surface area (Å²) in [7, 11) is 0. The van der Waals surface area contributed by atoms with Crippen LogP contribution in [-0.2, 0) is 10.8 Å². The molecule has 0 amide bonds. The highest BCUT2D eigenvalue weighted by atomic mass is 19.2. The molecule has 0 aliphatic heterocycles. The van der Waals surface area contributed by atoms with Crippen molar-refractivity contribution in [1.82, 2.24) is 29.1 Å². The van der Waals surface area contributed by atoms with Gasteiger partial charge < -0.3 is 9.13 Å². The van der Waals surface area contributed by atoms with Crippen molar-refractivity contribution in [3.63, 3.8) is 0 Å². The first-order chi connectivity index (χ1) is 62.2. The predicted molar refractivity (Wildman–Crippen MR) is 502 cm³/mol. The Hall–Kier alpha value is -16.3. The van der Waals surface area contributed by atoms with Gasteiger partial charge >= 0.3 is 0 Å². The lowest BCUT2D eigenvalue weighted by Crippen LogP contribution is -2.25. The lowest BCUT2D eigenvalue weighted by Gasteiger charge is -2.30. The molecule has 0 radical (unpaired) electrons. The zero-order chi connectivity index (χ0) is 83.4. The number of rotatable bonds is 7. The van der Waals surface area contributed by atoms with E-state index in [2.05, 4.69) is 302 Å². The Morgan fingerprint density at radius 3 is 0.921 bits per heavy atom. The summed E-state index contributed by atoms with van der Waals surface area (Å²) in [6.45, 7) is 0. The Balaban J connectivity index is 0.000000134. The number of halogens is 4. The van der Waals surface area contributed by atoms with E-state index < -0.39 is 45.3 Å². The number of para-hydroxylation sites is 6. The normalized spacial score (nSPS) is 13.2. The third-order valence-electron chi connectivity index (χ3n) is 27.2. The summed E-state index contributed by atoms with van der Waals surface area (Å²) in [5.74, 6) is -5.21. The molecule has 0 fully saturated rings. The molecule has 0 saturated heterocycles. The van der Waals surface area contributed by atoms with Crippen molar-refractivity contribution < 1.29 is 17.6 Å². The summed E-state index contributed by atoms with van der Waals surface area (Å²) < 4.78 is 69.0. The van der Waals surface area contributed by atoms with Crippen molar-refractivity contribution in [1.29, 1.82) is 0 Å². The van der Waals surface area contributed by atoms with Gasteiger partial charge in [-0.3, -0.25) is 0 Å². The minimum atomic E-state index is -1.48. The number of pyridine rings is 2. The highest BCUT2D eigenvalue weighted by Gasteiger charge is 2.54. The van der Waals surface area contributed by atoms with Crippen LogP contribution in [0.25, 0.3) is 199 Å². The van der Waals surface area contributed by atoms with Crippen LogP contribution in [0.5, 0.6) is 0 Å². The van der Waals surface area contributed by atoms with Gasteiger partial charge in [0.1, 0.15) is 5.69 Å². The predicted octanol–water partition coefficient (Wildman–Crippen LogP) is 29.3. The van der Waals surface area contributed by atoms with E-state index in [1.807, 2.05) is 54.9 Å². The molecule has 6 nitrogen and oxygen atoms in total. The molecule has 4 aliphatic rings. The van der Waals surface area contributed by atoms with Crippen molar-refractivity contribution in [2.45, 2.75) is 10.8 Å². The van der Waals surface area contributed by atoms with E-state index in [0.717, 1.165) is 82.7 Å². The van der Waals surface area contributed by atoms with Crippen LogP contribution in [0.15, 0.2) is 401 Å². The van der Waals surface area contributed by atoms with Gasteiger partial charge in [-0.2, -0.15) is 0 Å². The van der Waals surface area contributed by atoms with E-state index >= 15 is 17.6 Å². The van der Waals surface area contributed by atoms with Crippen LogP contribution in [0.3, 0.4) is 0 Å². The summed E-state index contributed by atoms with van der Waals surface area (Å²) in [5, 5.41) is 10.4. The lowest BCUT2D eigenvalue weighted by molar-refractivity contribution is 0.454. The van der Waals surface area contributed by atoms with Gasteiger partial charge in [-0.1, -0.05) is 340 Å². The van der Waals surface area contributed by atoms with Crippen LogP contribution < -0.4 is 0 Å². The number of aromatic nitrogens is 6. The minimum Gasteiger partial charge on any atom is -0.309 e. The molecule has 27 rings (SSSR count). The highest BCUT2D eigenvalue weighted by molar-refractivity contribution is 6.22. The van der Waals surface area contributed by atoms with E-state index in [4.69, 9.17) is 19.9 Å². The third kappa shape index (κ3) is 9.80. The van der Waals surface area contributed by atoms with Crippen LogP contribution in [0.4, 0.5) is 17.6 Å². The average Bonchev–Trinajstić information content (AvgIpc) is 1.50. The van der Waals surface area contributed by atoms with Gasteiger partial charge in [-0.25, -0.2) is 37.5 Å². The summed E-state index contributed by atoms with van der Waals surface area (Å²) in [4.78, 5) is 20.3. The summed E-state index contributed by atoms with van der Waals surface area (Å²) in [6.07, 6.45) is 3.85. The molecule has 5 heterocycles. The lowest BCUT2D eigenvalue weighted by atomic mass is 9.70. The Labute approximate surface area is 720 Å². The Morgan fingerprint density at radius 1 is 0.214 bits per heavy atom. The zero-order valence-corrected chi connectivity index (χ0v) is 67.3. The van der Waals surface area contributed by atoms with Gasteiger partial charge in [0.05, 0.1) is 60.9 Å². The van der Waals surface area contributed by atoms with Crippen LogP contribution in [-0.4, -0.2) is 29.1 Å². The Kier molecular flexibility index (Phi) is 15.4. The summed E-state index contributed by atoms with van der Waals surface area (Å²) in [6, 6.07) is 134. The van der Waals surface area contributed by atoms with Gasteiger partial charge in [0.25, 0.3) is 0 Å². The fourth-order valence-corrected chi connectivity index (χ4v) is 22.1. The van der Waals surface area contributed by atoms with Crippen molar-refractivity contribution in [2.75, 3.05) is 0 Å². The number of hydrogen-bond acceptors (Lipinski definition) is 4. The van der Waals surface area contributed by atoms with Crippen molar-refractivity contribution >= 4 is 87.0 Å². The number of benzene rings is 18. The molecule has 18 aromatic carbocycles. The monoisotopic (exact) mass is 1620 g/mol. The highest BCUT2D eigenvalue weighted by Crippen LogP contribution is 2.67. The van der Waals surface area contributed by atoms with E-state index in [9.17, 15) is 0 Å². The largest absolute Gasteiger partial charge is 0.309 e. The molecule has 5 aromatic heterocycles. The maximum Gasteiger partial charge on any atom is 0.186 e. The summed E-state index contributed by atoms with van der Waals surface area (Å²) in [5.41, 5.74) is 30.2. The molecule has 0 N–H and O–H groups in total. The number of fused-ring (bicyclic) bond motifs is 34. The standard InChI is InChI=1S/C60H36N4.C56H30F4N2/c1-7-19-49-42(13-1)43-14-2-8-20-50(43)60(49)51-21-9-3-17-46(51)57-52(60)34-33-48-56(57)47-18-4-10-22-53(47)63-58(48)38-25-27-39(28-26-38)59-61-35-40(36-62-59)37-29-31-41(32-30-37)64-54-23-11-5-15-44(54)45-16-6-12-24-55(45)64;57-50-47(51(58)53(60)55(52(50)59)62-45-23-11-5-15-35(45)36-16-6-12-24-46(36)62)31-25-27-32(28-26-31)54-39-29-30-43-49(48(39)38-18-4-10-22-44(38)61-54)37-17-3-9-21-42(37)56(43)40-19-7-1-13-33(40)34-14-2-8-20-41(34)56/h1-36H;1-30H. The van der Waals surface area contributed by atoms with E-state index in [1.165, 1.54) is 122 Å². The molecule has 588 valence electrons. The second-order valence-corrected chi connectivity index (χ2v) is 33.3. The first-order valence-corrected chi connectivity index (χ1v) is 42.5. The topological polar surface area (TPSA) is 61.4 Å². The van der Waals surface area contributed by atoms with Crippen molar-refractivity contribution in [3.8, 4) is 112 Å². The van der Waals surface area contributed by atoms with Crippen molar-refractivity contribution in [2.24, 2.45) is 0 Å². The Morgan fingerprint density at radius 2 is 0.524 bits per heavy atom. The zero-order valence-electron chi connectivity index (χ0n) is 67.3. The van der Waals surface area contributed by atoms with Crippen LogP contribution in [0.2, 0.25) is 0 Å². The Bertz CT molecular complexity index is 8420. The van der Waals surface area contributed by atoms with Crippen LogP contribution >= 0.6 is 0 Å². The number of hydrogen-bond donors (Lipinski definition) is 0. The maximum absolute atomic E-state index is 16.4. The van der Waals surface area contributed by atoms with Crippen molar-refractivity contribution in [3.05, 3.63) is 468 Å². The fourth-order valence-electron chi connectivity index (χ4n) is 22.1. The first-order valence-electron chi connectivity index (χ1n) is 42.5. The third-order valence-corrected chi connectivity index (χ3v) is 27.2. The first kappa shape index (κ1) is 71.4. The van der Waals surface area contributed by atoms with Gasteiger partial charge in [0, 0.05) is 94.2 Å². The van der Waals surface area contributed by atoms with Crippen LogP contribution in [0, 0.1) is 23.3 Å². The molecule has 4 aliphatic carbocycles. The molecule has 2 spiro atoms. The van der Waals surface area contributed by atoms with E-state index in [-0.39, 0.29) is 5.56 Å². The SMILES string of the molecule is Fc1c(F)c(-n2c3ccccc3c3ccccc32)c(F)c(F)c1-c1ccc(-c2nc3ccccc3c3c4c(ccc23)C2(c3ccccc3-c3ccccc32)c2ccccc2-4)cc1.c1ccc2c(c1)-c1ccccc1C21c2ccccc2-c2c1ccc1c(-c3ccc(-c4ncc(-c5ccc(-n6c7ccccc7c7ccccc76)cc5)cn4)cc3)nc3ccccc3c21. The minimum absolute atomic E-state index is 0.00394. The molecule has 0 unspecified atom stereocenters. The van der Waals surface area contributed by atoms with E-state index in [0.29, 0.717) is 38.9 Å². The van der Waals surface area contributed by atoms with Gasteiger partial charge in [-0.15, -0.1) is 0 Å². The molecule has 0 atom stereocenters. The summed E-state index contributed by atoms with van der Waals surface area (Å²) >= 11 is 0. The molecular weight excluding hydrogens is 1550 g/mol. The molecule has 0 bridgehead atoms. The molecule has 10 heteroatoms.